The Kier molecular flexibility index (Phi) is 4.27. The van der Waals surface area contributed by atoms with Gasteiger partial charge in [0.15, 0.2) is 0 Å². The Hall–Kier alpha value is -1.32. The molecule has 0 aliphatic rings. The van der Waals surface area contributed by atoms with Crippen LogP contribution in [0.2, 0.25) is 0 Å². The largest absolute Gasteiger partial charge is 0.326 e. The van der Waals surface area contributed by atoms with Gasteiger partial charge in [0.1, 0.15) is 5.03 Å². The van der Waals surface area contributed by atoms with Crippen LogP contribution in [0.3, 0.4) is 0 Å². The molecule has 2 aromatic rings. The van der Waals surface area contributed by atoms with Crippen molar-refractivity contribution in [1.29, 1.82) is 0 Å². The summed E-state index contributed by atoms with van der Waals surface area (Å²) in [4.78, 5) is 5.56. The molecule has 0 fully saturated rings. The van der Waals surface area contributed by atoms with Crippen molar-refractivity contribution in [3.05, 3.63) is 53.7 Å². The van der Waals surface area contributed by atoms with Crippen LogP contribution in [0.1, 0.15) is 31.9 Å². The molecular formula is C16H20N2S. The summed E-state index contributed by atoms with van der Waals surface area (Å²) in [5.41, 5.74) is 8.30. The summed E-state index contributed by atoms with van der Waals surface area (Å²) < 4.78 is 0. The van der Waals surface area contributed by atoms with E-state index < -0.39 is 0 Å². The lowest BCUT2D eigenvalue weighted by Gasteiger charge is -2.19. The van der Waals surface area contributed by atoms with Crippen molar-refractivity contribution >= 4 is 11.8 Å². The van der Waals surface area contributed by atoms with Gasteiger partial charge in [-0.05, 0) is 40.8 Å². The van der Waals surface area contributed by atoms with Crippen LogP contribution >= 0.6 is 11.8 Å². The molecule has 1 heterocycles. The van der Waals surface area contributed by atoms with E-state index in [9.17, 15) is 0 Å². The number of benzene rings is 1. The van der Waals surface area contributed by atoms with Gasteiger partial charge in [-0.1, -0.05) is 44.7 Å². The lowest BCUT2D eigenvalue weighted by Crippen LogP contribution is -2.10. The fraction of sp³-hybridized carbons (Fsp3) is 0.312. The molecule has 19 heavy (non-hydrogen) atoms. The van der Waals surface area contributed by atoms with E-state index in [1.54, 1.807) is 11.8 Å². The summed E-state index contributed by atoms with van der Waals surface area (Å²) >= 11 is 1.67. The zero-order chi connectivity index (χ0) is 13.9. The molecule has 2 N–H and O–H groups in total. The predicted octanol–water partition coefficient (Wildman–Crippen LogP) is 3.99. The first-order valence-corrected chi connectivity index (χ1v) is 7.24. The Bertz CT molecular complexity index is 541. The van der Waals surface area contributed by atoms with Gasteiger partial charge < -0.3 is 5.73 Å². The van der Waals surface area contributed by atoms with Crippen molar-refractivity contribution < 1.29 is 0 Å². The molecule has 1 aromatic carbocycles. The van der Waals surface area contributed by atoms with Crippen molar-refractivity contribution in [3.63, 3.8) is 0 Å². The van der Waals surface area contributed by atoms with E-state index in [1.165, 1.54) is 10.5 Å². The normalized spacial score (nSPS) is 11.6. The van der Waals surface area contributed by atoms with Gasteiger partial charge >= 0.3 is 0 Å². The summed E-state index contributed by atoms with van der Waals surface area (Å²) in [5, 5.41) is 0.992. The average molecular weight is 272 g/mol. The summed E-state index contributed by atoms with van der Waals surface area (Å²) in [6.07, 6.45) is 1.81. The number of nitrogens with zero attached hydrogens (tertiary/aromatic N) is 1. The third-order valence-electron chi connectivity index (χ3n) is 2.98. The highest BCUT2D eigenvalue weighted by molar-refractivity contribution is 7.99. The summed E-state index contributed by atoms with van der Waals surface area (Å²) in [6, 6.07) is 12.7. The number of aromatic nitrogens is 1. The molecule has 1 aromatic heterocycles. The molecule has 0 aliphatic carbocycles. The number of pyridine rings is 1. The van der Waals surface area contributed by atoms with Crippen molar-refractivity contribution in [3.8, 4) is 0 Å². The van der Waals surface area contributed by atoms with Gasteiger partial charge in [0, 0.05) is 17.6 Å². The molecule has 0 bridgehead atoms. The minimum atomic E-state index is 0.195. The maximum atomic E-state index is 5.64. The zero-order valence-corrected chi connectivity index (χ0v) is 12.5. The maximum Gasteiger partial charge on any atom is 0.101 e. The lowest BCUT2D eigenvalue weighted by atomic mass is 9.87. The second kappa shape index (κ2) is 5.76. The fourth-order valence-electron chi connectivity index (χ4n) is 1.78. The van der Waals surface area contributed by atoms with Crippen molar-refractivity contribution in [2.75, 3.05) is 0 Å². The first-order chi connectivity index (χ1) is 8.99. The first-order valence-electron chi connectivity index (χ1n) is 6.42. The van der Waals surface area contributed by atoms with Crippen LogP contribution in [0.5, 0.6) is 0 Å². The Labute approximate surface area is 119 Å². The molecule has 0 unspecified atom stereocenters. The quantitative estimate of drug-likeness (QED) is 0.918. The fourth-order valence-corrected chi connectivity index (χ4v) is 2.61. The van der Waals surface area contributed by atoms with Gasteiger partial charge in [0.05, 0.1) is 0 Å². The van der Waals surface area contributed by atoms with Crippen molar-refractivity contribution in [1.82, 2.24) is 4.98 Å². The third kappa shape index (κ3) is 3.82. The Morgan fingerprint density at radius 3 is 2.37 bits per heavy atom. The summed E-state index contributed by atoms with van der Waals surface area (Å²) in [6.45, 7) is 7.23. The van der Waals surface area contributed by atoms with Gasteiger partial charge in [-0.15, -0.1) is 0 Å². The van der Waals surface area contributed by atoms with Gasteiger partial charge in [-0.3, -0.25) is 0 Å². The Balaban J connectivity index is 2.15. The monoisotopic (exact) mass is 272 g/mol. The minimum Gasteiger partial charge on any atom is -0.326 e. The zero-order valence-electron chi connectivity index (χ0n) is 11.7. The molecule has 3 heteroatoms. The van der Waals surface area contributed by atoms with Crippen LogP contribution in [0.15, 0.2) is 52.5 Å². The molecule has 2 nitrogen and oxygen atoms in total. The smallest absolute Gasteiger partial charge is 0.101 e. The van der Waals surface area contributed by atoms with E-state index in [1.807, 2.05) is 18.3 Å². The first kappa shape index (κ1) is 14.1. The predicted molar refractivity (Wildman–Crippen MR) is 81.4 cm³/mol. The number of nitrogens with two attached hydrogens (primary N) is 1. The van der Waals surface area contributed by atoms with Crippen LogP contribution in [0.25, 0.3) is 0 Å². The second-order valence-corrected chi connectivity index (χ2v) is 6.68. The van der Waals surface area contributed by atoms with Gasteiger partial charge in [-0.2, -0.15) is 0 Å². The van der Waals surface area contributed by atoms with Crippen LogP contribution < -0.4 is 5.73 Å². The highest BCUT2D eigenvalue weighted by atomic mass is 32.2. The standard InChI is InChI=1S/C16H20N2S/c1-16(2,3)13-4-6-14(7-5-13)19-15-10-12(11-17)8-9-18-15/h4-10H,11,17H2,1-3H3. The molecule has 0 amide bonds. The number of hydrogen-bond acceptors (Lipinski definition) is 3. The molecule has 0 saturated carbocycles. The molecule has 0 atom stereocenters. The van der Waals surface area contributed by atoms with E-state index in [4.69, 9.17) is 5.73 Å². The van der Waals surface area contributed by atoms with E-state index in [0.717, 1.165) is 10.6 Å². The lowest BCUT2D eigenvalue weighted by molar-refractivity contribution is 0.590. The van der Waals surface area contributed by atoms with Crippen LogP contribution in [-0.4, -0.2) is 4.98 Å². The van der Waals surface area contributed by atoms with Crippen molar-refractivity contribution in [2.24, 2.45) is 5.73 Å². The summed E-state index contributed by atoms with van der Waals surface area (Å²) in [5.74, 6) is 0. The van der Waals surface area contributed by atoms with Gasteiger partial charge in [0.25, 0.3) is 0 Å². The molecule has 0 radical (unpaired) electrons. The van der Waals surface area contributed by atoms with E-state index in [-0.39, 0.29) is 5.41 Å². The molecule has 0 aliphatic heterocycles. The molecule has 0 saturated heterocycles. The van der Waals surface area contributed by atoms with E-state index in [2.05, 4.69) is 50.0 Å². The van der Waals surface area contributed by atoms with E-state index in [0.29, 0.717) is 6.54 Å². The van der Waals surface area contributed by atoms with Crippen molar-refractivity contribution in [2.45, 2.75) is 42.7 Å². The third-order valence-corrected chi connectivity index (χ3v) is 3.92. The van der Waals surface area contributed by atoms with E-state index >= 15 is 0 Å². The van der Waals surface area contributed by atoms with Crippen LogP contribution in [0, 0.1) is 0 Å². The number of rotatable bonds is 3. The van der Waals surface area contributed by atoms with Crippen LogP contribution in [0.4, 0.5) is 0 Å². The highest BCUT2D eigenvalue weighted by Crippen LogP contribution is 2.29. The number of hydrogen-bond donors (Lipinski definition) is 1. The minimum absolute atomic E-state index is 0.195. The van der Waals surface area contributed by atoms with Crippen LogP contribution in [-0.2, 0) is 12.0 Å². The molecular weight excluding hydrogens is 252 g/mol. The average Bonchev–Trinajstić information content (AvgIpc) is 2.38. The topological polar surface area (TPSA) is 38.9 Å². The SMILES string of the molecule is CC(C)(C)c1ccc(Sc2cc(CN)ccn2)cc1. The molecule has 0 spiro atoms. The molecule has 100 valence electrons. The second-order valence-electron chi connectivity index (χ2n) is 5.58. The Morgan fingerprint density at radius 2 is 1.79 bits per heavy atom. The summed E-state index contributed by atoms with van der Waals surface area (Å²) in [7, 11) is 0. The van der Waals surface area contributed by atoms with Gasteiger partial charge in [-0.25, -0.2) is 4.98 Å². The Morgan fingerprint density at radius 1 is 1.11 bits per heavy atom. The maximum absolute atomic E-state index is 5.64. The van der Waals surface area contributed by atoms with Gasteiger partial charge in [0.2, 0.25) is 0 Å². The molecule has 2 rings (SSSR count). The highest BCUT2D eigenvalue weighted by Gasteiger charge is 2.13.